The van der Waals surface area contributed by atoms with Crippen LogP contribution in [0, 0.1) is 11.3 Å². The van der Waals surface area contributed by atoms with E-state index in [4.69, 9.17) is 5.26 Å². The molecule has 0 aromatic heterocycles. The van der Waals surface area contributed by atoms with E-state index in [0.29, 0.717) is 6.42 Å². The molecule has 0 spiro atoms. The van der Waals surface area contributed by atoms with E-state index in [9.17, 15) is 0 Å². The minimum absolute atomic E-state index is 0.625. The minimum atomic E-state index is 0.625. The Bertz CT molecular complexity index is 58.2. The van der Waals surface area contributed by atoms with Gasteiger partial charge in [0.15, 0.2) is 0 Å². The summed E-state index contributed by atoms with van der Waals surface area (Å²) in [6.45, 7) is 4.32. The summed E-state index contributed by atoms with van der Waals surface area (Å²) in [5.74, 6) is 0. The van der Waals surface area contributed by atoms with Gasteiger partial charge in [-0.3, -0.25) is 0 Å². The molecule has 7 heavy (non-hydrogen) atoms. The molecular formula is C5H10N2. The SMILES string of the molecule is C1CN1.CCC#N. The van der Waals surface area contributed by atoms with Gasteiger partial charge in [-0.05, 0) is 0 Å². The molecule has 1 rings (SSSR count). The monoisotopic (exact) mass is 98.1 g/mol. The lowest BCUT2D eigenvalue weighted by atomic mass is 10.6. The molecule has 1 saturated heterocycles. The summed E-state index contributed by atoms with van der Waals surface area (Å²) in [6.07, 6.45) is 0.625. The lowest BCUT2D eigenvalue weighted by Crippen LogP contribution is -1.56. The van der Waals surface area contributed by atoms with Crippen LogP contribution in [0.15, 0.2) is 0 Å². The highest BCUT2D eigenvalue weighted by atomic mass is 15.0. The van der Waals surface area contributed by atoms with Crippen LogP contribution in [0.5, 0.6) is 0 Å². The fraction of sp³-hybridized carbons (Fsp3) is 0.800. The maximum atomic E-state index is 7.62. The van der Waals surface area contributed by atoms with Crippen LogP contribution in [-0.4, -0.2) is 13.1 Å². The van der Waals surface area contributed by atoms with Crippen molar-refractivity contribution in [2.45, 2.75) is 13.3 Å². The van der Waals surface area contributed by atoms with Crippen molar-refractivity contribution in [3.05, 3.63) is 0 Å². The highest BCUT2D eigenvalue weighted by Crippen LogP contribution is 1.65. The Morgan fingerprint density at radius 2 is 2.00 bits per heavy atom. The Labute approximate surface area is 44.1 Å². The van der Waals surface area contributed by atoms with Crippen LogP contribution in [0.1, 0.15) is 13.3 Å². The first-order chi connectivity index (χ1) is 3.41. The second kappa shape index (κ2) is 5.45. The largest absolute Gasteiger partial charge is 0.314 e. The van der Waals surface area contributed by atoms with E-state index in [1.807, 2.05) is 13.0 Å². The first kappa shape index (κ1) is 6.45. The summed E-state index contributed by atoms with van der Waals surface area (Å²) in [7, 11) is 0. The molecule has 0 atom stereocenters. The highest BCUT2D eigenvalue weighted by molar-refractivity contribution is 4.61. The van der Waals surface area contributed by atoms with Crippen LogP contribution in [-0.2, 0) is 0 Å². The maximum absolute atomic E-state index is 7.62. The smallest absolute Gasteiger partial charge is 0.0618 e. The summed E-state index contributed by atoms with van der Waals surface area (Å²) < 4.78 is 0. The Hall–Kier alpha value is -0.550. The lowest BCUT2D eigenvalue weighted by molar-refractivity contribution is 1.22. The predicted octanol–water partition coefficient (Wildman–Crippen LogP) is 0.510. The van der Waals surface area contributed by atoms with Gasteiger partial charge in [0.05, 0.1) is 6.07 Å². The quantitative estimate of drug-likeness (QED) is 0.449. The zero-order valence-corrected chi connectivity index (χ0v) is 4.57. The zero-order chi connectivity index (χ0) is 5.54. The number of nitrogens with one attached hydrogen (secondary N) is 1. The summed E-state index contributed by atoms with van der Waals surface area (Å²) in [5, 5.41) is 10.6. The van der Waals surface area contributed by atoms with Crippen LogP contribution in [0.2, 0.25) is 0 Å². The van der Waals surface area contributed by atoms with E-state index in [0.717, 1.165) is 0 Å². The Morgan fingerprint density at radius 3 is 2.00 bits per heavy atom. The zero-order valence-electron chi connectivity index (χ0n) is 4.57. The average Bonchev–Trinajstić information content (AvgIpc) is 2.47. The van der Waals surface area contributed by atoms with Crippen LogP contribution in [0.4, 0.5) is 0 Å². The topological polar surface area (TPSA) is 45.7 Å². The molecule has 0 radical (unpaired) electrons. The van der Waals surface area contributed by atoms with Gasteiger partial charge in [0, 0.05) is 19.5 Å². The minimum Gasteiger partial charge on any atom is -0.314 e. The van der Waals surface area contributed by atoms with Gasteiger partial charge >= 0.3 is 0 Å². The fourth-order valence-electron chi connectivity index (χ4n) is 0. The number of nitrogens with zero attached hydrogens (tertiary/aromatic N) is 1. The van der Waals surface area contributed by atoms with Crippen LogP contribution >= 0.6 is 0 Å². The van der Waals surface area contributed by atoms with Crippen LogP contribution in [0.3, 0.4) is 0 Å². The molecule has 1 heterocycles. The molecular weight excluding hydrogens is 88.1 g/mol. The first-order valence-electron chi connectivity index (χ1n) is 2.49. The number of hydrogen-bond donors (Lipinski definition) is 1. The molecule has 2 nitrogen and oxygen atoms in total. The number of nitriles is 1. The Balaban J connectivity index is 0.000000105. The molecule has 40 valence electrons. The summed E-state index contributed by atoms with van der Waals surface area (Å²) in [5.41, 5.74) is 0. The van der Waals surface area contributed by atoms with E-state index in [2.05, 4.69) is 5.32 Å². The summed E-state index contributed by atoms with van der Waals surface area (Å²) in [4.78, 5) is 0. The molecule has 1 aliphatic rings. The number of rotatable bonds is 0. The van der Waals surface area contributed by atoms with Crippen molar-refractivity contribution in [1.82, 2.24) is 5.32 Å². The van der Waals surface area contributed by atoms with Crippen molar-refractivity contribution >= 4 is 0 Å². The van der Waals surface area contributed by atoms with Gasteiger partial charge in [-0.15, -0.1) is 0 Å². The molecule has 1 fully saturated rings. The Morgan fingerprint density at radius 1 is 1.71 bits per heavy atom. The van der Waals surface area contributed by atoms with E-state index in [1.54, 1.807) is 0 Å². The highest BCUT2D eigenvalue weighted by Gasteiger charge is 1.91. The molecule has 2 heteroatoms. The van der Waals surface area contributed by atoms with Crippen molar-refractivity contribution in [3.8, 4) is 6.07 Å². The van der Waals surface area contributed by atoms with Crippen molar-refractivity contribution in [3.63, 3.8) is 0 Å². The molecule has 0 aromatic carbocycles. The second-order valence-electron chi connectivity index (χ2n) is 1.26. The van der Waals surface area contributed by atoms with Crippen molar-refractivity contribution in [1.29, 1.82) is 5.26 Å². The third kappa shape index (κ3) is 30.9. The predicted molar refractivity (Wildman–Crippen MR) is 28.8 cm³/mol. The van der Waals surface area contributed by atoms with E-state index in [1.165, 1.54) is 13.1 Å². The molecule has 0 unspecified atom stereocenters. The van der Waals surface area contributed by atoms with Crippen molar-refractivity contribution in [2.24, 2.45) is 0 Å². The second-order valence-corrected chi connectivity index (χ2v) is 1.26. The molecule has 0 amide bonds. The van der Waals surface area contributed by atoms with Gasteiger partial charge in [0.1, 0.15) is 0 Å². The van der Waals surface area contributed by atoms with Crippen LogP contribution < -0.4 is 5.32 Å². The number of hydrogen-bond acceptors (Lipinski definition) is 2. The molecule has 1 aliphatic heterocycles. The standard InChI is InChI=1S/C3H5N.C2H5N/c1-2-3-4;1-2-3-1/h2H2,1H3;3H,1-2H2. The summed E-state index contributed by atoms with van der Waals surface area (Å²) in [6, 6.07) is 1.93. The van der Waals surface area contributed by atoms with E-state index >= 15 is 0 Å². The van der Waals surface area contributed by atoms with Crippen LogP contribution in [0.25, 0.3) is 0 Å². The maximum Gasteiger partial charge on any atom is 0.0618 e. The van der Waals surface area contributed by atoms with Gasteiger partial charge in [-0.2, -0.15) is 5.26 Å². The van der Waals surface area contributed by atoms with Crippen molar-refractivity contribution in [2.75, 3.05) is 13.1 Å². The third-order valence-electron chi connectivity index (χ3n) is 0.408. The van der Waals surface area contributed by atoms with Gasteiger partial charge in [0.2, 0.25) is 0 Å². The Kier molecular flexibility index (Phi) is 5.02. The normalized spacial score (nSPS) is 13.1. The van der Waals surface area contributed by atoms with E-state index in [-0.39, 0.29) is 0 Å². The van der Waals surface area contributed by atoms with Gasteiger partial charge in [-0.25, -0.2) is 0 Å². The first-order valence-corrected chi connectivity index (χ1v) is 2.49. The third-order valence-corrected chi connectivity index (χ3v) is 0.408. The molecule has 0 aromatic rings. The van der Waals surface area contributed by atoms with E-state index < -0.39 is 0 Å². The lowest BCUT2D eigenvalue weighted by Gasteiger charge is -1.47. The van der Waals surface area contributed by atoms with Gasteiger partial charge < -0.3 is 5.32 Å². The summed E-state index contributed by atoms with van der Waals surface area (Å²) >= 11 is 0. The molecule has 1 N–H and O–H groups in total. The average molecular weight is 98.1 g/mol. The van der Waals surface area contributed by atoms with Gasteiger partial charge in [-0.1, -0.05) is 6.92 Å². The molecule has 0 aliphatic carbocycles. The molecule has 0 saturated carbocycles. The van der Waals surface area contributed by atoms with Crippen molar-refractivity contribution < 1.29 is 0 Å². The molecule has 0 bridgehead atoms. The van der Waals surface area contributed by atoms with Gasteiger partial charge in [0.25, 0.3) is 0 Å². The fourth-order valence-corrected chi connectivity index (χ4v) is 0.